The first-order valence-corrected chi connectivity index (χ1v) is 10.0. The molecule has 0 bridgehead atoms. The molecule has 1 atom stereocenters. The average molecular weight is 409 g/mol. The number of methoxy groups -OCH3 is 1. The Labute approximate surface area is 176 Å². The Morgan fingerprint density at radius 1 is 1.13 bits per heavy atom. The van der Waals surface area contributed by atoms with E-state index >= 15 is 0 Å². The number of aromatic nitrogens is 2. The number of amides is 1. The van der Waals surface area contributed by atoms with Crippen molar-refractivity contribution in [2.75, 3.05) is 14.2 Å². The fraction of sp³-hybridized carbons (Fsp3) is 0.348. The minimum atomic E-state index is -0.580. The lowest BCUT2D eigenvalue weighted by Crippen LogP contribution is -2.39. The van der Waals surface area contributed by atoms with Gasteiger partial charge in [-0.2, -0.15) is 4.98 Å². The second-order valence-corrected chi connectivity index (χ2v) is 6.95. The van der Waals surface area contributed by atoms with E-state index in [9.17, 15) is 4.79 Å². The summed E-state index contributed by atoms with van der Waals surface area (Å²) >= 11 is 0. The van der Waals surface area contributed by atoms with Crippen LogP contribution in [-0.4, -0.2) is 41.2 Å². The standard InChI is InChI=1S/C23H27N3O4/c1-5-16-10-12-18(13-11-16)29-20(6-2)23(27)26(3)15-21-24-22(25-30-21)17-8-7-9-19(14-17)28-4/h7-14,20H,5-6,15H2,1-4H3. The van der Waals surface area contributed by atoms with E-state index in [-0.39, 0.29) is 12.5 Å². The van der Waals surface area contributed by atoms with E-state index in [1.165, 1.54) is 10.5 Å². The second kappa shape index (κ2) is 9.91. The van der Waals surface area contributed by atoms with Crippen LogP contribution >= 0.6 is 0 Å². The number of benzene rings is 2. The Kier molecular flexibility index (Phi) is 7.06. The molecule has 7 nitrogen and oxygen atoms in total. The van der Waals surface area contributed by atoms with E-state index in [1.807, 2.05) is 55.5 Å². The molecule has 7 heteroatoms. The zero-order valence-electron chi connectivity index (χ0n) is 17.8. The third-order valence-corrected chi connectivity index (χ3v) is 4.80. The van der Waals surface area contributed by atoms with Gasteiger partial charge in [-0.15, -0.1) is 0 Å². The van der Waals surface area contributed by atoms with E-state index in [1.54, 1.807) is 14.2 Å². The first-order valence-electron chi connectivity index (χ1n) is 10.0. The molecule has 0 N–H and O–H groups in total. The number of carbonyl (C=O) groups is 1. The number of likely N-dealkylation sites (N-methyl/N-ethyl adjacent to an activating group) is 1. The van der Waals surface area contributed by atoms with Gasteiger partial charge in [0.1, 0.15) is 11.5 Å². The average Bonchev–Trinajstić information content (AvgIpc) is 3.26. The van der Waals surface area contributed by atoms with Crippen LogP contribution in [0.5, 0.6) is 11.5 Å². The molecule has 0 aliphatic rings. The SMILES string of the molecule is CCc1ccc(OC(CC)C(=O)N(C)Cc2nc(-c3cccc(OC)c3)no2)cc1. The van der Waals surface area contributed by atoms with Crippen LogP contribution in [-0.2, 0) is 17.8 Å². The monoisotopic (exact) mass is 409 g/mol. The van der Waals surface area contributed by atoms with Crippen molar-refractivity contribution in [1.82, 2.24) is 15.0 Å². The first kappa shape index (κ1) is 21.4. The summed E-state index contributed by atoms with van der Waals surface area (Å²) < 4.78 is 16.5. The van der Waals surface area contributed by atoms with Gasteiger partial charge in [-0.3, -0.25) is 4.79 Å². The van der Waals surface area contributed by atoms with Crippen LogP contribution in [0.3, 0.4) is 0 Å². The van der Waals surface area contributed by atoms with Crippen molar-refractivity contribution < 1.29 is 18.8 Å². The molecule has 0 spiro atoms. The molecule has 0 aliphatic heterocycles. The number of aryl methyl sites for hydroxylation is 1. The van der Waals surface area contributed by atoms with E-state index in [0.717, 1.165) is 12.0 Å². The predicted octanol–water partition coefficient (Wildman–Crippen LogP) is 4.12. The molecule has 1 amide bonds. The number of ether oxygens (including phenoxy) is 2. The van der Waals surface area contributed by atoms with E-state index in [4.69, 9.17) is 14.0 Å². The molecular weight excluding hydrogens is 382 g/mol. The van der Waals surface area contributed by atoms with Crippen molar-refractivity contribution in [3.05, 3.63) is 60.0 Å². The number of carbonyl (C=O) groups excluding carboxylic acids is 1. The summed E-state index contributed by atoms with van der Waals surface area (Å²) in [6.45, 7) is 4.22. The van der Waals surface area contributed by atoms with Gasteiger partial charge in [0.25, 0.3) is 5.91 Å². The summed E-state index contributed by atoms with van der Waals surface area (Å²) in [6, 6.07) is 15.2. The fourth-order valence-corrected chi connectivity index (χ4v) is 3.00. The molecule has 1 unspecified atom stereocenters. The zero-order chi connectivity index (χ0) is 21.5. The van der Waals surface area contributed by atoms with Crippen LogP contribution in [0.1, 0.15) is 31.7 Å². The lowest BCUT2D eigenvalue weighted by Gasteiger charge is -2.22. The molecule has 0 saturated carbocycles. The van der Waals surface area contributed by atoms with Gasteiger partial charge in [-0.05, 0) is 42.7 Å². The highest BCUT2D eigenvalue weighted by Crippen LogP contribution is 2.22. The van der Waals surface area contributed by atoms with Gasteiger partial charge in [0.05, 0.1) is 13.7 Å². The normalized spacial score (nSPS) is 11.7. The van der Waals surface area contributed by atoms with Crippen molar-refractivity contribution in [2.24, 2.45) is 0 Å². The first-order chi connectivity index (χ1) is 14.5. The van der Waals surface area contributed by atoms with Gasteiger partial charge in [-0.1, -0.05) is 43.3 Å². The predicted molar refractivity (Wildman–Crippen MR) is 113 cm³/mol. The minimum absolute atomic E-state index is 0.141. The van der Waals surface area contributed by atoms with E-state index in [2.05, 4.69) is 17.1 Å². The van der Waals surface area contributed by atoms with Crippen LogP contribution in [0, 0.1) is 0 Å². The van der Waals surface area contributed by atoms with Crippen LogP contribution < -0.4 is 9.47 Å². The van der Waals surface area contributed by atoms with Crippen LogP contribution in [0.4, 0.5) is 0 Å². The molecule has 1 aromatic heterocycles. The summed E-state index contributed by atoms with van der Waals surface area (Å²) in [5, 5.41) is 4.01. The maximum absolute atomic E-state index is 12.9. The molecular formula is C23H27N3O4. The maximum Gasteiger partial charge on any atom is 0.263 e. The van der Waals surface area contributed by atoms with Gasteiger partial charge in [0.15, 0.2) is 6.10 Å². The molecule has 30 heavy (non-hydrogen) atoms. The number of hydrogen-bond donors (Lipinski definition) is 0. The highest BCUT2D eigenvalue weighted by molar-refractivity contribution is 5.81. The van der Waals surface area contributed by atoms with Gasteiger partial charge in [-0.25, -0.2) is 0 Å². The number of hydrogen-bond acceptors (Lipinski definition) is 6. The molecule has 3 aromatic rings. The third kappa shape index (κ3) is 5.17. The highest BCUT2D eigenvalue weighted by Gasteiger charge is 2.24. The van der Waals surface area contributed by atoms with Crippen molar-refractivity contribution >= 4 is 5.91 Å². The summed E-state index contributed by atoms with van der Waals surface area (Å²) in [4.78, 5) is 18.8. The Morgan fingerprint density at radius 3 is 2.57 bits per heavy atom. The summed E-state index contributed by atoms with van der Waals surface area (Å²) in [5.74, 6) is 2.05. The van der Waals surface area contributed by atoms with Gasteiger partial charge in [0, 0.05) is 12.6 Å². The molecule has 0 saturated heterocycles. The van der Waals surface area contributed by atoms with Crippen molar-refractivity contribution in [3.8, 4) is 22.9 Å². The van der Waals surface area contributed by atoms with Gasteiger partial charge < -0.3 is 18.9 Å². The smallest absolute Gasteiger partial charge is 0.263 e. The van der Waals surface area contributed by atoms with Crippen molar-refractivity contribution in [3.63, 3.8) is 0 Å². The van der Waals surface area contributed by atoms with Crippen LogP contribution in [0.15, 0.2) is 53.1 Å². The molecule has 0 aliphatic carbocycles. The van der Waals surface area contributed by atoms with E-state index < -0.39 is 6.10 Å². The van der Waals surface area contributed by atoms with Gasteiger partial charge >= 0.3 is 0 Å². The largest absolute Gasteiger partial charge is 0.497 e. The lowest BCUT2D eigenvalue weighted by atomic mass is 10.1. The second-order valence-electron chi connectivity index (χ2n) is 6.95. The Morgan fingerprint density at radius 2 is 1.90 bits per heavy atom. The Balaban J connectivity index is 1.64. The van der Waals surface area contributed by atoms with Crippen LogP contribution in [0.25, 0.3) is 11.4 Å². The molecule has 1 heterocycles. The molecule has 0 fully saturated rings. The van der Waals surface area contributed by atoms with Crippen molar-refractivity contribution in [2.45, 2.75) is 39.3 Å². The zero-order valence-corrected chi connectivity index (χ0v) is 17.8. The maximum atomic E-state index is 12.9. The third-order valence-electron chi connectivity index (χ3n) is 4.80. The van der Waals surface area contributed by atoms with Gasteiger partial charge in [0.2, 0.25) is 11.7 Å². The quantitative estimate of drug-likeness (QED) is 0.529. The Hall–Kier alpha value is -3.35. The Bertz CT molecular complexity index is 969. The minimum Gasteiger partial charge on any atom is -0.497 e. The molecule has 158 valence electrons. The number of nitrogens with zero attached hydrogens (tertiary/aromatic N) is 3. The molecule has 0 radical (unpaired) electrons. The summed E-state index contributed by atoms with van der Waals surface area (Å²) in [5.41, 5.74) is 2.01. The molecule has 2 aromatic carbocycles. The lowest BCUT2D eigenvalue weighted by molar-refractivity contribution is -0.138. The molecule has 3 rings (SSSR count). The highest BCUT2D eigenvalue weighted by atomic mass is 16.5. The van der Waals surface area contributed by atoms with Crippen LogP contribution in [0.2, 0.25) is 0 Å². The fourth-order valence-electron chi connectivity index (χ4n) is 3.00. The van der Waals surface area contributed by atoms with E-state index in [0.29, 0.717) is 29.6 Å². The van der Waals surface area contributed by atoms with Crippen molar-refractivity contribution in [1.29, 1.82) is 0 Å². The number of rotatable bonds is 9. The topological polar surface area (TPSA) is 77.7 Å². The summed E-state index contributed by atoms with van der Waals surface area (Å²) in [7, 11) is 3.30. The summed E-state index contributed by atoms with van der Waals surface area (Å²) in [6.07, 6.45) is 0.932.